The molecule has 0 aromatic carbocycles. The molecule has 0 unspecified atom stereocenters. The van der Waals surface area contributed by atoms with Gasteiger partial charge in [0.2, 0.25) is 0 Å². The number of aromatic nitrogens is 1. The van der Waals surface area contributed by atoms with Gasteiger partial charge in [0.15, 0.2) is 4.47 Å². The number of hydrogen-bond acceptors (Lipinski definition) is 3. The number of halogens is 6. The zero-order chi connectivity index (χ0) is 12.7. The van der Waals surface area contributed by atoms with Crippen molar-refractivity contribution >= 4 is 28.9 Å². The standard InChI is InChI=1S/C6HClF5NO2S/c7-4-13-2(1(16-4)3(14)15)5(8,9)6(10,11)12/h(H,14,15). The van der Waals surface area contributed by atoms with Crippen LogP contribution < -0.4 is 0 Å². The molecule has 16 heavy (non-hydrogen) atoms. The summed E-state index contributed by atoms with van der Waals surface area (Å²) in [6.45, 7) is 0. The maximum atomic E-state index is 12.8. The molecule has 0 aliphatic carbocycles. The first-order valence-electron chi connectivity index (χ1n) is 3.42. The molecular formula is C6HClF5NO2S. The zero-order valence-electron chi connectivity index (χ0n) is 6.98. The Kier molecular flexibility index (Phi) is 3.12. The van der Waals surface area contributed by atoms with E-state index in [4.69, 9.17) is 16.7 Å². The lowest BCUT2D eigenvalue weighted by atomic mass is 10.2. The molecule has 90 valence electrons. The molecular weight excluding hydrogens is 281 g/mol. The number of carboxylic acid groups (broad SMARTS) is 1. The van der Waals surface area contributed by atoms with Gasteiger partial charge in [0.25, 0.3) is 0 Å². The number of carbonyl (C=O) groups is 1. The van der Waals surface area contributed by atoms with Gasteiger partial charge < -0.3 is 5.11 Å². The van der Waals surface area contributed by atoms with Gasteiger partial charge in [0.05, 0.1) is 0 Å². The smallest absolute Gasteiger partial charge is 0.459 e. The highest BCUT2D eigenvalue weighted by Gasteiger charge is 2.62. The van der Waals surface area contributed by atoms with Gasteiger partial charge in [-0.05, 0) is 0 Å². The average Bonchev–Trinajstić information content (AvgIpc) is 2.45. The molecule has 1 rings (SSSR count). The van der Waals surface area contributed by atoms with E-state index in [1.54, 1.807) is 0 Å². The number of alkyl halides is 5. The third kappa shape index (κ3) is 2.09. The van der Waals surface area contributed by atoms with Crippen LogP contribution in [0.1, 0.15) is 15.4 Å². The average molecular weight is 282 g/mol. The first-order chi connectivity index (χ1) is 7.07. The lowest BCUT2D eigenvalue weighted by Crippen LogP contribution is -2.35. The second-order valence-electron chi connectivity index (χ2n) is 2.52. The summed E-state index contributed by atoms with van der Waals surface area (Å²) in [5, 5.41) is 8.42. The number of hydrogen-bond donors (Lipinski definition) is 1. The van der Waals surface area contributed by atoms with Crippen LogP contribution in [-0.4, -0.2) is 22.2 Å². The monoisotopic (exact) mass is 281 g/mol. The fourth-order valence-corrected chi connectivity index (χ4v) is 1.77. The van der Waals surface area contributed by atoms with Crippen molar-refractivity contribution < 1.29 is 31.9 Å². The Balaban J connectivity index is 3.38. The van der Waals surface area contributed by atoms with E-state index in [0.29, 0.717) is 0 Å². The molecule has 1 N–H and O–H groups in total. The summed E-state index contributed by atoms with van der Waals surface area (Å²) in [5.74, 6) is -7.28. The lowest BCUT2D eigenvalue weighted by Gasteiger charge is -2.17. The third-order valence-electron chi connectivity index (χ3n) is 1.45. The molecule has 10 heteroatoms. The molecule has 0 saturated carbocycles. The van der Waals surface area contributed by atoms with Gasteiger partial charge in [-0.1, -0.05) is 22.9 Å². The van der Waals surface area contributed by atoms with E-state index in [1.165, 1.54) is 0 Å². The predicted octanol–water partition coefficient (Wildman–Crippen LogP) is 3.15. The van der Waals surface area contributed by atoms with Crippen molar-refractivity contribution in [2.75, 3.05) is 0 Å². The van der Waals surface area contributed by atoms with Crippen LogP contribution in [0.5, 0.6) is 0 Å². The number of carboxylic acids is 1. The first-order valence-corrected chi connectivity index (χ1v) is 4.61. The van der Waals surface area contributed by atoms with Gasteiger partial charge in [0, 0.05) is 0 Å². The first kappa shape index (κ1) is 13.1. The highest BCUT2D eigenvalue weighted by Crippen LogP contribution is 2.46. The number of rotatable bonds is 2. The Bertz CT molecular complexity index is 429. The van der Waals surface area contributed by atoms with Crippen LogP contribution in [0.25, 0.3) is 0 Å². The third-order valence-corrected chi connectivity index (χ3v) is 2.60. The summed E-state index contributed by atoms with van der Waals surface area (Å²) in [4.78, 5) is 11.9. The normalized spacial score (nSPS) is 12.9. The SMILES string of the molecule is O=C(O)c1sc(Cl)nc1C(F)(F)C(F)(F)F. The van der Waals surface area contributed by atoms with Crippen LogP contribution >= 0.6 is 22.9 Å². The summed E-state index contributed by atoms with van der Waals surface area (Å²) < 4.78 is 60.7. The Morgan fingerprint density at radius 2 is 1.81 bits per heavy atom. The molecule has 0 spiro atoms. The molecule has 0 fully saturated rings. The highest BCUT2D eigenvalue weighted by atomic mass is 35.5. The Morgan fingerprint density at radius 1 is 1.31 bits per heavy atom. The van der Waals surface area contributed by atoms with Gasteiger partial charge in [-0.25, -0.2) is 9.78 Å². The molecule has 1 aromatic rings. The van der Waals surface area contributed by atoms with Crippen molar-refractivity contribution in [1.82, 2.24) is 4.98 Å². The highest BCUT2D eigenvalue weighted by molar-refractivity contribution is 7.17. The number of nitrogens with zero attached hydrogens (tertiary/aromatic N) is 1. The molecule has 0 bridgehead atoms. The number of thiazole rings is 1. The van der Waals surface area contributed by atoms with Crippen LogP contribution in [0.3, 0.4) is 0 Å². The van der Waals surface area contributed by atoms with Crippen molar-refractivity contribution in [3.05, 3.63) is 15.0 Å². The summed E-state index contributed by atoms with van der Waals surface area (Å²) in [7, 11) is 0. The topological polar surface area (TPSA) is 50.2 Å². The molecule has 0 radical (unpaired) electrons. The molecule has 1 aromatic heterocycles. The zero-order valence-corrected chi connectivity index (χ0v) is 8.55. The maximum absolute atomic E-state index is 12.8. The summed E-state index contributed by atoms with van der Waals surface area (Å²) in [6.07, 6.45) is -5.92. The van der Waals surface area contributed by atoms with Crippen molar-refractivity contribution in [3.63, 3.8) is 0 Å². The lowest BCUT2D eigenvalue weighted by molar-refractivity contribution is -0.290. The van der Waals surface area contributed by atoms with Gasteiger partial charge in [0.1, 0.15) is 10.6 Å². The molecule has 0 amide bonds. The quantitative estimate of drug-likeness (QED) is 0.847. The summed E-state index contributed by atoms with van der Waals surface area (Å²) in [5.41, 5.74) is -1.89. The Hall–Kier alpha value is -0.960. The van der Waals surface area contributed by atoms with Crippen molar-refractivity contribution in [2.24, 2.45) is 0 Å². The van der Waals surface area contributed by atoms with E-state index < -0.39 is 33.1 Å². The molecule has 1 heterocycles. The van der Waals surface area contributed by atoms with Gasteiger partial charge in [-0.2, -0.15) is 22.0 Å². The van der Waals surface area contributed by atoms with E-state index in [9.17, 15) is 26.7 Å². The molecule has 3 nitrogen and oxygen atoms in total. The van der Waals surface area contributed by atoms with E-state index in [2.05, 4.69) is 4.98 Å². The van der Waals surface area contributed by atoms with Crippen molar-refractivity contribution in [1.29, 1.82) is 0 Å². The summed E-state index contributed by atoms with van der Waals surface area (Å²) >= 11 is 5.15. The van der Waals surface area contributed by atoms with Crippen LogP contribution in [-0.2, 0) is 5.92 Å². The molecule has 0 aliphatic heterocycles. The van der Waals surface area contributed by atoms with Crippen LogP contribution in [0.4, 0.5) is 22.0 Å². The van der Waals surface area contributed by atoms with Gasteiger partial charge in [-0.15, -0.1) is 0 Å². The van der Waals surface area contributed by atoms with Crippen LogP contribution in [0.2, 0.25) is 4.47 Å². The molecule has 0 atom stereocenters. The van der Waals surface area contributed by atoms with E-state index >= 15 is 0 Å². The Labute approximate surface area is 93.5 Å². The minimum absolute atomic E-state index is 0.0402. The van der Waals surface area contributed by atoms with Crippen molar-refractivity contribution in [2.45, 2.75) is 12.1 Å². The van der Waals surface area contributed by atoms with Crippen LogP contribution in [0, 0.1) is 0 Å². The number of aromatic carboxylic acids is 1. The minimum Gasteiger partial charge on any atom is -0.477 e. The van der Waals surface area contributed by atoms with E-state index in [1.807, 2.05) is 0 Å². The van der Waals surface area contributed by atoms with E-state index in [0.717, 1.165) is 0 Å². The second-order valence-corrected chi connectivity index (χ2v) is 4.10. The minimum atomic E-state index is -5.92. The van der Waals surface area contributed by atoms with Crippen LogP contribution in [0.15, 0.2) is 0 Å². The molecule has 0 aliphatic rings. The Morgan fingerprint density at radius 3 is 2.19 bits per heavy atom. The largest absolute Gasteiger partial charge is 0.477 e. The van der Waals surface area contributed by atoms with Gasteiger partial charge in [-0.3, -0.25) is 0 Å². The van der Waals surface area contributed by atoms with Gasteiger partial charge >= 0.3 is 18.1 Å². The second kappa shape index (κ2) is 3.81. The van der Waals surface area contributed by atoms with Crippen molar-refractivity contribution in [3.8, 4) is 0 Å². The fraction of sp³-hybridized carbons (Fsp3) is 0.333. The predicted molar refractivity (Wildman–Crippen MR) is 44.0 cm³/mol. The maximum Gasteiger partial charge on any atom is 0.459 e. The van der Waals surface area contributed by atoms with E-state index in [-0.39, 0.29) is 11.3 Å². The molecule has 0 saturated heterocycles. The fourth-order valence-electron chi connectivity index (χ4n) is 0.786. The summed E-state index contributed by atoms with van der Waals surface area (Å²) in [6, 6.07) is 0.